The van der Waals surface area contributed by atoms with Gasteiger partial charge in [0.15, 0.2) is 5.82 Å². The van der Waals surface area contributed by atoms with E-state index in [1.807, 2.05) is 16.8 Å². The molecule has 0 fully saturated rings. The van der Waals surface area contributed by atoms with Crippen molar-refractivity contribution in [1.29, 1.82) is 0 Å². The van der Waals surface area contributed by atoms with Crippen LogP contribution in [-0.4, -0.2) is 26.2 Å². The molecule has 2 aromatic heterocycles. The normalized spacial score (nSPS) is 11.7. The number of unbranched alkanes of at least 4 members (excludes halogenated alkanes) is 1. The number of rotatable bonds is 8. The van der Waals surface area contributed by atoms with Crippen LogP contribution in [-0.2, 0) is 12.7 Å². The number of nitrogens with one attached hydrogen (secondary N) is 1. The van der Waals surface area contributed by atoms with Crippen molar-refractivity contribution in [3.8, 4) is 11.5 Å². The van der Waals surface area contributed by atoms with Crippen LogP contribution in [0.1, 0.15) is 18.4 Å². The van der Waals surface area contributed by atoms with Crippen molar-refractivity contribution in [2.45, 2.75) is 25.6 Å². The van der Waals surface area contributed by atoms with E-state index in [1.165, 1.54) is 18.5 Å². The Kier molecular flexibility index (Phi) is 6.71. The smallest absolute Gasteiger partial charge is 0.416 e. The molecule has 10 heteroatoms. The zero-order valence-electron chi connectivity index (χ0n) is 17.3. The van der Waals surface area contributed by atoms with Gasteiger partial charge in [-0.1, -0.05) is 17.7 Å². The summed E-state index contributed by atoms with van der Waals surface area (Å²) in [6, 6.07) is 11.4. The van der Waals surface area contributed by atoms with Crippen LogP contribution in [0.25, 0.3) is 11.0 Å². The quantitative estimate of drug-likeness (QED) is 0.287. The summed E-state index contributed by atoms with van der Waals surface area (Å²) in [5.41, 5.74) is 1.41. The Morgan fingerprint density at radius 1 is 1.06 bits per heavy atom. The lowest BCUT2D eigenvalue weighted by molar-refractivity contribution is -0.137. The summed E-state index contributed by atoms with van der Waals surface area (Å²) in [6.07, 6.45) is 0.410. The van der Waals surface area contributed by atoms with Gasteiger partial charge in [-0.2, -0.15) is 13.2 Å². The van der Waals surface area contributed by atoms with E-state index in [1.54, 1.807) is 18.2 Å². The van der Waals surface area contributed by atoms with E-state index in [-0.39, 0.29) is 23.1 Å². The Bertz CT molecular complexity index is 1260. The van der Waals surface area contributed by atoms with Gasteiger partial charge >= 0.3 is 6.18 Å². The van der Waals surface area contributed by atoms with Crippen molar-refractivity contribution in [3.63, 3.8) is 0 Å². The highest BCUT2D eigenvalue weighted by molar-refractivity contribution is 6.32. The number of hydrogen-bond acceptors (Lipinski definition) is 5. The summed E-state index contributed by atoms with van der Waals surface area (Å²) in [6.45, 7) is 0.838. The molecule has 4 aromatic rings. The Hall–Kier alpha value is -3.30. The zero-order valence-corrected chi connectivity index (χ0v) is 18.1. The van der Waals surface area contributed by atoms with Crippen molar-refractivity contribution in [1.82, 2.24) is 14.5 Å². The highest BCUT2D eigenvalue weighted by Gasteiger charge is 2.30. The van der Waals surface area contributed by atoms with Crippen LogP contribution in [0.3, 0.4) is 0 Å². The number of fused-ring (bicyclic) bond motifs is 1. The number of benzene rings is 2. The van der Waals surface area contributed by atoms with Gasteiger partial charge in [0.1, 0.15) is 23.3 Å². The lowest BCUT2D eigenvalue weighted by Crippen LogP contribution is -2.04. The molecule has 0 radical (unpaired) electrons. The monoisotopic (exact) mass is 476 g/mol. The van der Waals surface area contributed by atoms with Crippen LogP contribution in [0, 0.1) is 0 Å². The van der Waals surface area contributed by atoms with Gasteiger partial charge in [-0.3, -0.25) is 0 Å². The summed E-state index contributed by atoms with van der Waals surface area (Å²) >= 11 is 6.34. The third kappa shape index (κ3) is 5.37. The summed E-state index contributed by atoms with van der Waals surface area (Å²) < 4.78 is 46.4. The summed E-state index contributed by atoms with van der Waals surface area (Å²) in [4.78, 5) is 8.63. The second-order valence-corrected chi connectivity index (χ2v) is 7.70. The van der Waals surface area contributed by atoms with E-state index >= 15 is 0 Å². The zero-order chi connectivity index (χ0) is 23.4. The Morgan fingerprint density at radius 3 is 2.67 bits per heavy atom. The molecule has 0 bridgehead atoms. The average molecular weight is 477 g/mol. The molecule has 0 atom stereocenters. The van der Waals surface area contributed by atoms with Gasteiger partial charge in [0.05, 0.1) is 16.1 Å². The van der Waals surface area contributed by atoms with Crippen molar-refractivity contribution in [2.24, 2.45) is 0 Å². The Labute approximate surface area is 192 Å². The number of aliphatic hydroxyl groups is 1. The van der Waals surface area contributed by atoms with Gasteiger partial charge in [0.25, 0.3) is 0 Å². The van der Waals surface area contributed by atoms with Crippen molar-refractivity contribution in [3.05, 3.63) is 71.6 Å². The first-order chi connectivity index (χ1) is 15.8. The molecule has 6 nitrogen and oxygen atoms in total. The van der Waals surface area contributed by atoms with Gasteiger partial charge < -0.3 is 19.7 Å². The molecular weight excluding hydrogens is 457 g/mol. The van der Waals surface area contributed by atoms with Gasteiger partial charge in [-0.05, 0) is 55.3 Å². The molecule has 0 aliphatic rings. The molecule has 33 heavy (non-hydrogen) atoms. The summed E-state index contributed by atoms with van der Waals surface area (Å²) in [7, 11) is 0. The number of aromatic nitrogens is 3. The van der Waals surface area contributed by atoms with Crippen LogP contribution in [0.15, 0.2) is 61.1 Å². The number of aliphatic hydroxyl groups excluding tert-OH is 1. The van der Waals surface area contributed by atoms with Gasteiger partial charge in [-0.25, -0.2) is 9.97 Å². The van der Waals surface area contributed by atoms with Crippen LogP contribution in [0.2, 0.25) is 5.02 Å². The first-order valence-electron chi connectivity index (χ1n) is 10.2. The van der Waals surface area contributed by atoms with E-state index in [2.05, 4.69) is 15.3 Å². The SMILES string of the molecule is OCCCCn1ccc2ncnc(Nc3ccc(Oc4cccc(C(F)(F)F)c4)c(Cl)c3)c21. The molecule has 172 valence electrons. The van der Waals surface area contributed by atoms with E-state index in [9.17, 15) is 13.2 Å². The molecule has 0 aliphatic carbocycles. The van der Waals surface area contributed by atoms with Crippen molar-refractivity contribution >= 4 is 34.1 Å². The highest BCUT2D eigenvalue weighted by Crippen LogP contribution is 2.36. The fourth-order valence-corrected chi connectivity index (χ4v) is 3.58. The van der Waals surface area contributed by atoms with Gasteiger partial charge in [0, 0.05) is 25.0 Å². The summed E-state index contributed by atoms with van der Waals surface area (Å²) in [5.74, 6) is 0.837. The molecule has 0 spiro atoms. The standard InChI is InChI=1S/C23H20ClF3N4O2/c24-18-13-16(6-7-20(18)33-17-5-3-4-15(12-17)23(25,26)27)30-22-21-19(28-14-29-22)8-10-31(21)9-1-2-11-32/h3-8,10,12-14,32H,1-2,9,11H2,(H,28,29,30). The lowest BCUT2D eigenvalue weighted by Gasteiger charge is -2.13. The molecule has 0 saturated heterocycles. The van der Waals surface area contributed by atoms with Crippen molar-refractivity contribution < 1.29 is 23.0 Å². The number of halogens is 4. The van der Waals surface area contributed by atoms with Crippen LogP contribution in [0.4, 0.5) is 24.7 Å². The lowest BCUT2D eigenvalue weighted by atomic mass is 10.2. The number of hydrogen-bond donors (Lipinski definition) is 2. The van der Waals surface area contributed by atoms with Crippen LogP contribution in [0.5, 0.6) is 11.5 Å². The van der Waals surface area contributed by atoms with Crippen LogP contribution >= 0.6 is 11.6 Å². The molecule has 0 amide bonds. The average Bonchev–Trinajstić information content (AvgIpc) is 3.20. The number of ether oxygens (including phenoxy) is 1. The third-order valence-electron chi connectivity index (χ3n) is 4.94. The Morgan fingerprint density at radius 2 is 1.91 bits per heavy atom. The maximum atomic E-state index is 12.9. The van der Waals surface area contributed by atoms with E-state index < -0.39 is 11.7 Å². The molecule has 0 aliphatic heterocycles. The van der Waals surface area contributed by atoms with E-state index in [0.717, 1.165) is 29.6 Å². The number of alkyl halides is 3. The maximum absolute atomic E-state index is 12.9. The number of nitrogens with zero attached hydrogens (tertiary/aromatic N) is 3. The summed E-state index contributed by atoms with van der Waals surface area (Å²) in [5, 5.41) is 12.5. The van der Waals surface area contributed by atoms with Crippen LogP contribution < -0.4 is 10.1 Å². The molecule has 2 heterocycles. The van der Waals surface area contributed by atoms with Gasteiger partial charge in [0.2, 0.25) is 0 Å². The maximum Gasteiger partial charge on any atom is 0.416 e. The fourth-order valence-electron chi connectivity index (χ4n) is 3.37. The molecule has 2 N–H and O–H groups in total. The minimum absolute atomic E-state index is 0.0330. The van der Waals surface area contributed by atoms with Crippen molar-refractivity contribution in [2.75, 3.05) is 11.9 Å². The minimum Gasteiger partial charge on any atom is -0.456 e. The highest BCUT2D eigenvalue weighted by atomic mass is 35.5. The first-order valence-corrected chi connectivity index (χ1v) is 10.6. The van der Waals surface area contributed by atoms with E-state index in [4.69, 9.17) is 21.4 Å². The predicted molar refractivity (Wildman–Crippen MR) is 120 cm³/mol. The number of anilines is 2. The molecule has 2 aromatic carbocycles. The molecule has 0 unspecified atom stereocenters. The third-order valence-corrected chi connectivity index (χ3v) is 5.24. The molecular formula is C23H20ClF3N4O2. The minimum atomic E-state index is -4.46. The first kappa shape index (κ1) is 22.9. The predicted octanol–water partition coefficient (Wildman–Crippen LogP) is 6.41. The second-order valence-electron chi connectivity index (χ2n) is 7.29. The largest absolute Gasteiger partial charge is 0.456 e. The van der Waals surface area contributed by atoms with Gasteiger partial charge in [-0.15, -0.1) is 0 Å². The van der Waals surface area contributed by atoms with E-state index in [0.29, 0.717) is 24.5 Å². The second kappa shape index (κ2) is 9.68. The number of aryl methyl sites for hydroxylation is 1. The molecule has 4 rings (SSSR count). The fraction of sp³-hybridized carbons (Fsp3) is 0.217. The topological polar surface area (TPSA) is 72.2 Å². The molecule has 0 saturated carbocycles. The Balaban J connectivity index is 1.55.